The van der Waals surface area contributed by atoms with Gasteiger partial charge in [-0.05, 0) is 25.2 Å². The number of rotatable bonds is 3. The molecule has 1 nitrogen and oxygen atoms in total. The predicted octanol–water partition coefficient (Wildman–Crippen LogP) is 3.73. The van der Waals surface area contributed by atoms with Gasteiger partial charge in [-0.1, -0.05) is 25.1 Å². The van der Waals surface area contributed by atoms with Gasteiger partial charge in [0.05, 0.1) is 0 Å². The number of aromatic nitrogens is 1. The number of aryl methyl sites for hydroxylation is 1. The molecular weight excluding hydrogens is 198 g/mol. The minimum Gasteiger partial charge on any atom is -0.235 e. The maximum atomic E-state index is 4.45. The van der Waals surface area contributed by atoms with Gasteiger partial charge >= 0.3 is 0 Å². The van der Waals surface area contributed by atoms with E-state index in [0.717, 1.165) is 5.69 Å². The third kappa shape index (κ3) is 2.26. The van der Waals surface area contributed by atoms with Gasteiger partial charge in [0.15, 0.2) is 0 Å². The summed E-state index contributed by atoms with van der Waals surface area (Å²) in [6.07, 6.45) is 4.24. The molecule has 1 heterocycles. The highest BCUT2D eigenvalue weighted by molar-refractivity contribution is 8.01. The van der Waals surface area contributed by atoms with E-state index in [2.05, 4.69) is 24.2 Å². The van der Waals surface area contributed by atoms with E-state index in [0.29, 0.717) is 5.41 Å². The molecule has 1 aliphatic carbocycles. The number of thiazole rings is 1. The summed E-state index contributed by atoms with van der Waals surface area (Å²) in [5, 5.41) is 2.13. The number of nitrogens with zero attached hydrogens (tertiary/aromatic N) is 1. The number of thioether (sulfide) groups is 1. The first kappa shape index (κ1) is 9.53. The Balaban J connectivity index is 1.85. The fourth-order valence-electron chi connectivity index (χ4n) is 1.56. The molecule has 0 bridgehead atoms. The molecule has 0 amide bonds. The quantitative estimate of drug-likeness (QED) is 0.710. The first-order valence-corrected chi connectivity index (χ1v) is 6.59. The van der Waals surface area contributed by atoms with Gasteiger partial charge < -0.3 is 0 Å². The Kier molecular flexibility index (Phi) is 2.65. The highest BCUT2D eigenvalue weighted by Gasteiger charge is 2.31. The van der Waals surface area contributed by atoms with Crippen LogP contribution in [0.5, 0.6) is 0 Å². The first-order valence-electron chi connectivity index (χ1n) is 4.73. The Hall–Kier alpha value is -0.0200. The van der Waals surface area contributed by atoms with E-state index in [4.69, 9.17) is 0 Å². The van der Waals surface area contributed by atoms with Crippen molar-refractivity contribution in [3.05, 3.63) is 11.1 Å². The third-order valence-electron chi connectivity index (χ3n) is 2.70. The Morgan fingerprint density at radius 3 is 2.85 bits per heavy atom. The van der Waals surface area contributed by atoms with E-state index < -0.39 is 0 Å². The van der Waals surface area contributed by atoms with Gasteiger partial charge in [0.25, 0.3) is 0 Å². The van der Waals surface area contributed by atoms with Gasteiger partial charge in [-0.3, -0.25) is 0 Å². The average Bonchev–Trinajstić information content (AvgIpc) is 2.44. The van der Waals surface area contributed by atoms with Gasteiger partial charge in [0, 0.05) is 16.8 Å². The van der Waals surface area contributed by atoms with E-state index >= 15 is 0 Å². The molecule has 13 heavy (non-hydrogen) atoms. The summed E-state index contributed by atoms with van der Waals surface area (Å²) < 4.78 is 1.24. The zero-order chi connectivity index (χ0) is 9.31. The lowest BCUT2D eigenvalue weighted by atomic mass is 9.72. The van der Waals surface area contributed by atoms with E-state index in [1.54, 1.807) is 11.3 Å². The van der Waals surface area contributed by atoms with Crippen LogP contribution in [0, 0.1) is 12.3 Å². The largest absolute Gasteiger partial charge is 0.235 e. The van der Waals surface area contributed by atoms with Crippen molar-refractivity contribution in [2.24, 2.45) is 5.41 Å². The van der Waals surface area contributed by atoms with Gasteiger partial charge in [-0.2, -0.15) is 0 Å². The molecule has 72 valence electrons. The summed E-state index contributed by atoms with van der Waals surface area (Å²) in [5.41, 5.74) is 1.77. The van der Waals surface area contributed by atoms with E-state index in [9.17, 15) is 0 Å². The zero-order valence-electron chi connectivity index (χ0n) is 8.17. The Labute approximate surface area is 88.0 Å². The standard InChI is InChI=1S/C10H15NS2/c1-8-6-12-9(11-8)13-7-10(2)4-3-5-10/h6H,3-5,7H2,1-2H3. The van der Waals surface area contributed by atoms with Gasteiger partial charge in [0.2, 0.25) is 0 Å². The van der Waals surface area contributed by atoms with E-state index in [-0.39, 0.29) is 0 Å². The molecule has 1 aromatic heterocycles. The molecule has 0 N–H and O–H groups in total. The lowest BCUT2D eigenvalue weighted by molar-refractivity contribution is 0.197. The fourth-order valence-corrected chi connectivity index (χ4v) is 3.64. The Morgan fingerprint density at radius 1 is 1.62 bits per heavy atom. The van der Waals surface area contributed by atoms with Crippen LogP contribution in [0.3, 0.4) is 0 Å². The molecule has 1 saturated carbocycles. The van der Waals surface area contributed by atoms with Crippen molar-refractivity contribution in [2.75, 3.05) is 5.75 Å². The normalized spacial score (nSPS) is 19.8. The van der Waals surface area contributed by atoms with Crippen molar-refractivity contribution < 1.29 is 0 Å². The Morgan fingerprint density at radius 2 is 2.38 bits per heavy atom. The van der Waals surface area contributed by atoms with Crippen LogP contribution in [0.1, 0.15) is 31.9 Å². The van der Waals surface area contributed by atoms with Crippen molar-refractivity contribution in [3.8, 4) is 0 Å². The maximum absolute atomic E-state index is 4.45. The molecular formula is C10H15NS2. The van der Waals surface area contributed by atoms with Crippen LogP contribution in [0.2, 0.25) is 0 Å². The zero-order valence-corrected chi connectivity index (χ0v) is 9.80. The first-order chi connectivity index (χ1) is 6.18. The second kappa shape index (κ2) is 3.62. The van der Waals surface area contributed by atoms with Crippen LogP contribution in [0.15, 0.2) is 9.72 Å². The number of hydrogen-bond acceptors (Lipinski definition) is 3. The van der Waals surface area contributed by atoms with Gasteiger partial charge in [-0.25, -0.2) is 4.98 Å². The maximum Gasteiger partial charge on any atom is 0.150 e. The number of hydrogen-bond donors (Lipinski definition) is 0. The molecule has 0 spiro atoms. The van der Waals surface area contributed by atoms with Crippen LogP contribution in [0.4, 0.5) is 0 Å². The van der Waals surface area contributed by atoms with Crippen molar-refractivity contribution in [1.82, 2.24) is 4.98 Å². The van der Waals surface area contributed by atoms with Crippen LogP contribution in [-0.4, -0.2) is 10.7 Å². The van der Waals surface area contributed by atoms with Gasteiger partial charge in [0.1, 0.15) is 4.34 Å². The third-order valence-corrected chi connectivity index (χ3v) is 5.28. The topological polar surface area (TPSA) is 12.9 Å². The fraction of sp³-hybridized carbons (Fsp3) is 0.700. The van der Waals surface area contributed by atoms with Crippen molar-refractivity contribution >= 4 is 23.1 Å². The molecule has 0 atom stereocenters. The van der Waals surface area contributed by atoms with Crippen LogP contribution < -0.4 is 0 Å². The molecule has 0 saturated heterocycles. The molecule has 0 aliphatic heterocycles. The summed E-state index contributed by atoms with van der Waals surface area (Å²) >= 11 is 3.71. The molecule has 3 heteroatoms. The summed E-state index contributed by atoms with van der Waals surface area (Å²) in [6, 6.07) is 0. The van der Waals surface area contributed by atoms with Crippen molar-refractivity contribution in [1.29, 1.82) is 0 Å². The summed E-state index contributed by atoms with van der Waals surface area (Å²) in [4.78, 5) is 4.45. The molecule has 0 unspecified atom stereocenters. The lowest BCUT2D eigenvalue weighted by Crippen LogP contribution is -2.27. The van der Waals surface area contributed by atoms with E-state index in [1.807, 2.05) is 11.8 Å². The van der Waals surface area contributed by atoms with Crippen LogP contribution >= 0.6 is 23.1 Å². The molecule has 1 aromatic rings. The minimum atomic E-state index is 0.615. The SMILES string of the molecule is Cc1csc(SCC2(C)CCC2)n1. The highest BCUT2D eigenvalue weighted by atomic mass is 32.2. The molecule has 1 aliphatic rings. The molecule has 0 aromatic carbocycles. The van der Waals surface area contributed by atoms with Crippen LogP contribution in [0.25, 0.3) is 0 Å². The molecule has 1 fully saturated rings. The molecule has 2 rings (SSSR count). The smallest absolute Gasteiger partial charge is 0.150 e. The van der Waals surface area contributed by atoms with Crippen molar-refractivity contribution in [3.63, 3.8) is 0 Å². The van der Waals surface area contributed by atoms with Crippen molar-refractivity contribution in [2.45, 2.75) is 37.4 Å². The second-order valence-corrected chi connectivity index (χ2v) is 6.29. The summed E-state index contributed by atoms with van der Waals surface area (Å²) in [6.45, 7) is 4.45. The lowest BCUT2D eigenvalue weighted by Gasteiger charge is -2.37. The second-order valence-electron chi connectivity index (χ2n) is 4.21. The summed E-state index contributed by atoms with van der Waals surface area (Å²) in [5.74, 6) is 1.25. The monoisotopic (exact) mass is 213 g/mol. The molecule has 0 radical (unpaired) electrons. The van der Waals surface area contributed by atoms with E-state index in [1.165, 1.54) is 29.4 Å². The average molecular weight is 213 g/mol. The summed E-state index contributed by atoms with van der Waals surface area (Å²) in [7, 11) is 0. The van der Waals surface area contributed by atoms with Gasteiger partial charge in [-0.15, -0.1) is 11.3 Å². The minimum absolute atomic E-state index is 0.615. The highest BCUT2D eigenvalue weighted by Crippen LogP contribution is 2.44. The Bertz CT molecular complexity index is 289. The van der Waals surface area contributed by atoms with Crippen LogP contribution in [-0.2, 0) is 0 Å². The predicted molar refractivity (Wildman–Crippen MR) is 59.5 cm³/mol.